The van der Waals surface area contributed by atoms with E-state index in [4.69, 9.17) is 4.74 Å². The summed E-state index contributed by atoms with van der Waals surface area (Å²) in [6.07, 6.45) is 2.93. The van der Waals surface area contributed by atoms with Gasteiger partial charge in [-0.25, -0.2) is 4.98 Å². The van der Waals surface area contributed by atoms with Crippen LogP contribution < -0.4 is 5.32 Å². The third kappa shape index (κ3) is 4.49. The number of carbonyl (C=O) groups is 1. The number of rotatable bonds is 7. The largest absolute Gasteiger partial charge is 0.379 e. The first-order chi connectivity index (χ1) is 11.8. The molecule has 1 unspecified atom stereocenters. The summed E-state index contributed by atoms with van der Waals surface area (Å²) in [6, 6.07) is 7.86. The zero-order valence-electron chi connectivity index (χ0n) is 14.0. The Kier molecular flexibility index (Phi) is 6.12. The minimum atomic E-state index is -0.0848. The normalized spacial score (nSPS) is 17.0. The number of H-pyrrole nitrogens is 1. The van der Waals surface area contributed by atoms with Gasteiger partial charge in [0.15, 0.2) is 0 Å². The molecule has 0 bridgehead atoms. The number of thioether (sulfide) groups is 1. The van der Waals surface area contributed by atoms with Crippen LogP contribution in [-0.4, -0.2) is 65.6 Å². The van der Waals surface area contributed by atoms with E-state index in [-0.39, 0.29) is 11.9 Å². The van der Waals surface area contributed by atoms with Crippen molar-refractivity contribution in [3.63, 3.8) is 0 Å². The molecule has 1 saturated heterocycles. The van der Waals surface area contributed by atoms with E-state index in [0.717, 1.165) is 42.1 Å². The van der Waals surface area contributed by atoms with Crippen molar-refractivity contribution in [1.82, 2.24) is 20.2 Å². The van der Waals surface area contributed by atoms with Crippen molar-refractivity contribution < 1.29 is 9.53 Å². The molecular formula is C17H24N4O2S. The van der Waals surface area contributed by atoms with Gasteiger partial charge in [0.25, 0.3) is 0 Å². The fraction of sp³-hybridized carbons (Fsp3) is 0.529. The number of benzene rings is 1. The topological polar surface area (TPSA) is 70.2 Å². The molecule has 1 aliphatic rings. The van der Waals surface area contributed by atoms with E-state index >= 15 is 0 Å². The lowest BCUT2D eigenvalue weighted by Crippen LogP contribution is -2.44. The number of aromatic nitrogens is 2. The zero-order chi connectivity index (χ0) is 16.8. The second-order valence-corrected chi connectivity index (χ2v) is 6.91. The van der Waals surface area contributed by atoms with Crippen molar-refractivity contribution in [2.24, 2.45) is 0 Å². The number of nitrogens with one attached hydrogen (secondary N) is 2. The molecule has 1 aromatic heterocycles. The minimum Gasteiger partial charge on any atom is -0.379 e. The van der Waals surface area contributed by atoms with Crippen LogP contribution in [0, 0.1) is 0 Å². The standard InChI is InChI=1S/C17H24N4O2S/c1-24-11-6-15(17-19-13-4-2-3-5-14(13)20-17)18-16(22)12-21-7-9-23-10-8-21/h2-5,15H,6-12H2,1H3,(H,18,22)(H,19,20). The van der Waals surface area contributed by atoms with Crippen molar-refractivity contribution >= 4 is 28.7 Å². The van der Waals surface area contributed by atoms with Gasteiger partial charge in [-0.2, -0.15) is 11.8 Å². The fourth-order valence-corrected chi connectivity index (χ4v) is 3.32. The lowest BCUT2D eigenvalue weighted by Gasteiger charge is -2.26. The van der Waals surface area contributed by atoms with Crippen LogP contribution >= 0.6 is 11.8 Å². The van der Waals surface area contributed by atoms with E-state index in [2.05, 4.69) is 26.4 Å². The molecule has 0 radical (unpaired) electrons. The summed E-state index contributed by atoms with van der Waals surface area (Å²) in [5.41, 5.74) is 1.94. The quantitative estimate of drug-likeness (QED) is 0.798. The van der Waals surface area contributed by atoms with Gasteiger partial charge in [0, 0.05) is 13.1 Å². The van der Waals surface area contributed by atoms with E-state index in [1.165, 1.54) is 0 Å². The fourth-order valence-electron chi connectivity index (χ4n) is 2.85. The van der Waals surface area contributed by atoms with Gasteiger partial charge < -0.3 is 15.0 Å². The summed E-state index contributed by atoms with van der Waals surface area (Å²) in [7, 11) is 0. The Hall–Kier alpha value is -1.57. The predicted octanol–water partition coefficient (Wildman–Crippen LogP) is 1.81. The van der Waals surface area contributed by atoms with Gasteiger partial charge in [-0.15, -0.1) is 0 Å². The van der Waals surface area contributed by atoms with Crippen molar-refractivity contribution in [1.29, 1.82) is 0 Å². The van der Waals surface area contributed by atoms with E-state index in [1.54, 1.807) is 11.8 Å². The molecule has 7 heteroatoms. The van der Waals surface area contributed by atoms with Crippen LogP contribution in [0.2, 0.25) is 0 Å². The Labute approximate surface area is 146 Å². The maximum atomic E-state index is 12.4. The maximum Gasteiger partial charge on any atom is 0.234 e. The van der Waals surface area contributed by atoms with Gasteiger partial charge in [-0.1, -0.05) is 12.1 Å². The Bertz CT molecular complexity index is 636. The number of imidazole rings is 1. The van der Waals surface area contributed by atoms with Crippen molar-refractivity contribution in [3.05, 3.63) is 30.1 Å². The van der Waals surface area contributed by atoms with E-state index in [1.807, 2.05) is 24.3 Å². The number of ether oxygens (including phenoxy) is 1. The Morgan fingerprint density at radius 3 is 2.96 bits per heavy atom. The number of amides is 1. The van der Waals surface area contributed by atoms with Gasteiger partial charge in [0.2, 0.25) is 5.91 Å². The van der Waals surface area contributed by atoms with Crippen LogP contribution in [0.25, 0.3) is 11.0 Å². The van der Waals surface area contributed by atoms with Gasteiger partial charge in [-0.3, -0.25) is 9.69 Å². The van der Waals surface area contributed by atoms with Crippen molar-refractivity contribution in [2.45, 2.75) is 12.5 Å². The summed E-state index contributed by atoms with van der Waals surface area (Å²) < 4.78 is 5.33. The molecule has 1 aromatic carbocycles. The first kappa shape index (κ1) is 17.3. The highest BCUT2D eigenvalue weighted by Crippen LogP contribution is 2.20. The van der Waals surface area contributed by atoms with Crippen LogP contribution in [0.5, 0.6) is 0 Å². The molecule has 1 aliphatic heterocycles. The lowest BCUT2D eigenvalue weighted by molar-refractivity contribution is -0.124. The van der Waals surface area contributed by atoms with E-state index in [0.29, 0.717) is 19.8 Å². The highest BCUT2D eigenvalue weighted by Gasteiger charge is 2.20. The van der Waals surface area contributed by atoms with Crippen LogP contribution in [0.1, 0.15) is 18.3 Å². The number of morpholine rings is 1. The first-order valence-electron chi connectivity index (χ1n) is 8.29. The second kappa shape index (κ2) is 8.50. The molecule has 24 heavy (non-hydrogen) atoms. The van der Waals surface area contributed by atoms with Crippen LogP contribution in [0.3, 0.4) is 0 Å². The molecule has 1 atom stereocenters. The molecule has 0 spiro atoms. The second-order valence-electron chi connectivity index (χ2n) is 5.93. The van der Waals surface area contributed by atoms with Gasteiger partial charge in [-0.05, 0) is 30.6 Å². The SMILES string of the molecule is CSCCC(NC(=O)CN1CCOCC1)c1nc2ccccc2[nH]1. The Morgan fingerprint density at radius 2 is 2.21 bits per heavy atom. The summed E-state index contributed by atoms with van der Waals surface area (Å²) in [5, 5.41) is 3.15. The number of aromatic amines is 1. The molecule has 2 aromatic rings. The molecule has 130 valence electrons. The van der Waals surface area contributed by atoms with Crippen molar-refractivity contribution in [2.75, 3.05) is 44.9 Å². The minimum absolute atomic E-state index is 0.0449. The van der Waals surface area contributed by atoms with Gasteiger partial charge in [0.05, 0.1) is 36.8 Å². The monoisotopic (exact) mass is 348 g/mol. The molecule has 1 fully saturated rings. The number of nitrogens with zero attached hydrogens (tertiary/aromatic N) is 2. The van der Waals surface area contributed by atoms with Crippen LogP contribution in [0.4, 0.5) is 0 Å². The Morgan fingerprint density at radius 1 is 1.42 bits per heavy atom. The highest BCUT2D eigenvalue weighted by molar-refractivity contribution is 7.98. The molecule has 0 aliphatic carbocycles. The number of fused-ring (bicyclic) bond motifs is 1. The molecule has 0 saturated carbocycles. The van der Waals surface area contributed by atoms with Crippen LogP contribution in [0.15, 0.2) is 24.3 Å². The summed E-state index contributed by atoms with van der Waals surface area (Å²) >= 11 is 1.77. The average molecular weight is 348 g/mol. The third-order valence-electron chi connectivity index (χ3n) is 4.15. The predicted molar refractivity (Wildman–Crippen MR) is 97.2 cm³/mol. The Balaban J connectivity index is 1.67. The smallest absolute Gasteiger partial charge is 0.234 e. The first-order valence-corrected chi connectivity index (χ1v) is 9.68. The van der Waals surface area contributed by atoms with E-state index < -0.39 is 0 Å². The molecule has 2 N–H and O–H groups in total. The number of para-hydroxylation sites is 2. The molecule has 6 nitrogen and oxygen atoms in total. The highest BCUT2D eigenvalue weighted by atomic mass is 32.2. The molecular weight excluding hydrogens is 324 g/mol. The number of hydrogen-bond donors (Lipinski definition) is 2. The lowest BCUT2D eigenvalue weighted by atomic mass is 10.2. The maximum absolute atomic E-state index is 12.4. The molecule has 1 amide bonds. The van der Waals surface area contributed by atoms with Crippen LogP contribution in [-0.2, 0) is 9.53 Å². The molecule has 2 heterocycles. The average Bonchev–Trinajstić information content (AvgIpc) is 3.03. The third-order valence-corrected chi connectivity index (χ3v) is 4.80. The number of carbonyl (C=O) groups excluding carboxylic acids is 1. The summed E-state index contributed by atoms with van der Waals surface area (Å²) in [4.78, 5) is 22.6. The summed E-state index contributed by atoms with van der Waals surface area (Å²) in [5.74, 6) is 1.85. The number of hydrogen-bond acceptors (Lipinski definition) is 5. The van der Waals surface area contributed by atoms with Gasteiger partial charge >= 0.3 is 0 Å². The van der Waals surface area contributed by atoms with E-state index in [9.17, 15) is 4.79 Å². The van der Waals surface area contributed by atoms with Crippen molar-refractivity contribution in [3.8, 4) is 0 Å². The van der Waals surface area contributed by atoms with Gasteiger partial charge in [0.1, 0.15) is 5.82 Å². The summed E-state index contributed by atoms with van der Waals surface area (Å²) in [6.45, 7) is 3.44. The molecule has 3 rings (SSSR count). The zero-order valence-corrected chi connectivity index (χ0v) is 14.8.